The third-order valence-corrected chi connectivity index (χ3v) is 5.93. The predicted octanol–water partition coefficient (Wildman–Crippen LogP) is 1.93. The van der Waals surface area contributed by atoms with E-state index >= 15 is 0 Å². The van der Waals surface area contributed by atoms with Crippen LogP contribution in [0.2, 0.25) is 0 Å². The zero-order valence-electron chi connectivity index (χ0n) is 19.3. The van der Waals surface area contributed by atoms with Gasteiger partial charge in [-0.1, -0.05) is 29.4 Å². The summed E-state index contributed by atoms with van der Waals surface area (Å²) in [6.45, 7) is 0.668. The molecule has 0 saturated carbocycles. The van der Waals surface area contributed by atoms with Crippen molar-refractivity contribution in [2.24, 2.45) is 10.2 Å². The number of rotatable bonds is 9. The summed E-state index contributed by atoms with van der Waals surface area (Å²) in [5.74, 6) is 0.391. The standard InChI is InChI=1S/C24H24N8O4/c33-21(28-13-15-5-1-2-7-19(15)36-24-29-23(35)30-31-24)18-9-8-17-14-27-20(22(34)32(17)18)26-12-10-16-6-3-4-11-25-16/h1-7,11,14,18,24H,8-10,12-13H2,(H,26,27)(H,28,33)(H,29,35)/t18-,24?/m0/s1. The molecule has 4 heterocycles. The van der Waals surface area contributed by atoms with Crippen LogP contribution in [0.15, 0.2) is 69.9 Å². The van der Waals surface area contributed by atoms with Crippen molar-refractivity contribution in [1.82, 2.24) is 25.2 Å². The van der Waals surface area contributed by atoms with Crippen LogP contribution in [0.4, 0.5) is 10.6 Å². The quantitative estimate of drug-likeness (QED) is 0.416. The summed E-state index contributed by atoms with van der Waals surface area (Å²) in [6.07, 6.45) is 4.19. The number of nitrogens with zero attached hydrogens (tertiary/aromatic N) is 5. The van der Waals surface area contributed by atoms with Gasteiger partial charge < -0.3 is 15.4 Å². The van der Waals surface area contributed by atoms with Crippen LogP contribution in [-0.2, 0) is 24.2 Å². The van der Waals surface area contributed by atoms with Crippen LogP contribution in [0, 0.1) is 0 Å². The Balaban J connectivity index is 1.23. The molecular weight excluding hydrogens is 464 g/mol. The first-order chi connectivity index (χ1) is 17.6. The van der Waals surface area contributed by atoms with Crippen LogP contribution in [0.5, 0.6) is 5.75 Å². The maximum atomic E-state index is 13.1. The fourth-order valence-corrected chi connectivity index (χ4v) is 4.17. The average Bonchev–Trinajstić information content (AvgIpc) is 3.52. The summed E-state index contributed by atoms with van der Waals surface area (Å²) in [4.78, 5) is 46.0. The SMILES string of the molecule is O=C1N=NC(Oc2ccccc2CNC(=O)[C@@H]2CCc3cnc(NCCc4ccccn4)c(=O)n32)N1. The fourth-order valence-electron chi connectivity index (χ4n) is 4.17. The van der Waals surface area contributed by atoms with Crippen LogP contribution in [-0.4, -0.2) is 39.4 Å². The van der Waals surface area contributed by atoms with Gasteiger partial charge in [-0.25, -0.2) is 9.78 Å². The second-order valence-electron chi connectivity index (χ2n) is 8.29. The molecule has 0 fully saturated rings. The molecule has 0 spiro atoms. The number of azo groups is 1. The molecule has 0 saturated heterocycles. The second-order valence-corrected chi connectivity index (χ2v) is 8.29. The zero-order chi connectivity index (χ0) is 24.9. The molecular formula is C24H24N8O4. The van der Waals surface area contributed by atoms with Crippen molar-refractivity contribution < 1.29 is 14.3 Å². The van der Waals surface area contributed by atoms with Crippen molar-refractivity contribution in [2.45, 2.75) is 38.2 Å². The number of aromatic nitrogens is 3. The molecule has 184 valence electrons. The minimum Gasteiger partial charge on any atom is -0.449 e. The van der Waals surface area contributed by atoms with E-state index in [2.05, 4.69) is 36.1 Å². The molecule has 5 rings (SSSR count). The van der Waals surface area contributed by atoms with Gasteiger partial charge in [0.15, 0.2) is 5.82 Å². The number of carbonyl (C=O) groups excluding carboxylic acids is 2. The highest BCUT2D eigenvalue weighted by atomic mass is 16.5. The first kappa shape index (κ1) is 23.1. The highest BCUT2D eigenvalue weighted by molar-refractivity contribution is 5.81. The van der Waals surface area contributed by atoms with Crippen molar-refractivity contribution in [1.29, 1.82) is 0 Å². The number of para-hydroxylation sites is 1. The van der Waals surface area contributed by atoms with Gasteiger partial charge in [-0.15, -0.1) is 5.11 Å². The van der Waals surface area contributed by atoms with E-state index in [0.717, 1.165) is 11.4 Å². The van der Waals surface area contributed by atoms with Crippen molar-refractivity contribution in [2.75, 3.05) is 11.9 Å². The predicted molar refractivity (Wildman–Crippen MR) is 128 cm³/mol. The minimum absolute atomic E-state index is 0.174. The Morgan fingerprint density at radius 3 is 2.81 bits per heavy atom. The van der Waals surface area contributed by atoms with E-state index in [4.69, 9.17) is 4.74 Å². The Kier molecular flexibility index (Phi) is 6.65. The molecule has 3 amide bonds. The highest BCUT2D eigenvalue weighted by Crippen LogP contribution is 2.25. The van der Waals surface area contributed by atoms with Crippen molar-refractivity contribution in [3.63, 3.8) is 0 Å². The summed E-state index contributed by atoms with van der Waals surface area (Å²) in [7, 11) is 0. The van der Waals surface area contributed by atoms with Crippen LogP contribution < -0.4 is 26.2 Å². The van der Waals surface area contributed by atoms with E-state index in [1.807, 2.05) is 24.3 Å². The normalized spacial score (nSPS) is 17.9. The third kappa shape index (κ3) is 5.06. The second kappa shape index (κ2) is 10.3. The molecule has 0 bridgehead atoms. The molecule has 2 aliphatic heterocycles. The fraction of sp³-hybridized carbons (Fsp3) is 0.292. The highest BCUT2D eigenvalue weighted by Gasteiger charge is 2.30. The van der Waals surface area contributed by atoms with Crippen LogP contribution in [0.1, 0.15) is 29.4 Å². The number of ether oxygens (including phenoxy) is 1. The van der Waals surface area contributed by atoms with Gasteiger partial charge in [0.2, 0.25) is 5.91 Å². The summed E-state index contributed by atoms with van der Waals surface area (Å²) in [5, 5.41) is 15.5. The van der Waals surface area contributed by atoms with Gasteiger partial charge in [0.1, 0.15) is 11.8 Å². The number of urea groups is 1. The summed E-state index contributed by atoms with van der Waals surface area (Å²) in [5.41, 5.74) is 2.00. The lowest BCUT2D eigenvalue weighted by Gasteiger charge is -2.17. The van der Waals surface area contributed by atoms with Gasteiger partial charge in [0.05, 0.1) is 0 Å². The molecule has 2 atom stereocenters. The zero-order valence-corrected chi connectivity index (χ0v) is 19.3. The molecule has 12 nitrogen and oxygen atoms in total. The molecule has 0 radical (unpaired) electrons. The summed E-state index contributed by atoms with van der Waals surface area (Å²) < 4.78 is 7.19. The molecule has 0 aliphatic carbocycles. The van der Waals surface area contributed by atoms with Crippen LogP contribution in [0.3, 0.4) is 0 Å². The molecule has 3 N–H and O–H groups in total. The van der Waals surface area contributed by atoms with Crippen molar-refractivity contribution >= 4 is 17.8 Å². The summed E-state index contributed by atoms with van der Waals surface area (Å²) >= 11 is 0. The molecule has 1 unspecified atom stereocenters. The van der Waals surface area contributed by atoms with Crippen LogP contribution >= 0.6 is 0 Å². The Morgan fingerprint density at radius 2 is 2.00 bits per heavy atom. The lowest BCUT2D eigenvalue weighted by molar-refractivity contribution is -0.124. The topological polar surface area (TPSA) is 152 Å². The third-order valence-electron chi connectivity index (χ3n) is 5.93. The minimum atomic E-state index is -0.911. The van der Waals surface area contributed by atoms with Gasteiger partial charge in [-0.05, 0) is 31.0 Å². The molecule has 2 aromatic heterocycles. The van der Waals surface area contributed by atoms with E-state index in [1.165, 1.54) is 4.57 Å². The van der Waals surface area contributed by atoms with Crippen molar-refractivity contribution in [3.05, 3.63) is 82.2 Å². The Labute approximate surface area is 205 Å². The lowest BCUT2D eigenvalue weighted by Crippen LogP contribution is -2.36. The number of hydrogen-bond acceptors (Lipinski definition) is 8. The van der Waals surface area contributed by atoms with Crippen LogP contribution in [0.25, 0.3) is 0 Å². The molecule has 36 heavy (non-hydrogen) atoms. The van der Waals surface area contributed by atoms with Gasteiger partial charge in [0.25, 0.3) is 11.9 Å². The van der Waals surface area contributed by atoms with E-state index in [9.17, 15) is 14.4 Å². The molecule has 12 heteroatoms. The number of benzene rings is 1. The first-order valence-electron chi connectivity index (χ1n) is 11.6. The first-order valence-corrected chi connectivity index (χ1v) is 11.6. The van der Waals surface area contributed by atoms with E-state index in [0.29, 0.717) is 37.1 Å². The number of carbonyl (C=O) groups is 2. The molecule has 3 aromatic rings. The van der Waals surface area contributed by atoms with Crippen molar-refractivity contribution in [3.8, 4) is 5.75 Å². The lowest BCUT2D eigenvalue weighted by atomic mass is 10.1. The average molecular weight is 489 g/mol. The number of amides is 3. The van der Waals surface area contributed by atoms with E-state index in [-0.39, 0.29) is 23.8 Å². The van der Waals surface area contributed by atoms with E-state index < -0.39 is 18.4 Å². The largest absolute Gasteiger partial charge is 0.449 e. The van der Waals surface area contributed by atoms with Gasteiger partial charge in [-0.3, -0.25) is 24.5 Å². The Bertz CT molecular complexity index is 1360. The monoisotopic (exact) mass is 488 g/mol. The van der Waals surface area contributed by atoms with Gasteiger partial charge >= 0.3 is 6.03 Å². The van der Waals surface area contributed by atoms with Gasteiger partial charge in [-0.2, -0.15) is 0 Å². The number of aryl methyl sites for hydroxylation is 1. The maximum Gasteiger partial charge on any atom is 0.363 e. The Morgan fingerprint density at radius 1 is 1.14 bits per heavy atom. The number of hydrogen-bond donors (Lipinski definition) is 3. The van der Waals surface area contributed by atoms with E-state index in [1.54, 1.807) is 30.6 Å². The Hall–Kier alpha value is -4.61. The number of fused-ring (bicyclic) bond motifs is 1. The maximum absolute atomic E-state index is 13.1. The molecule has 1 aromatic carbocycles. The number of nitrogens with one attached hydrogen (secondary N) is 3. The summed E-state index contributed by atoms with van der Waals surface area (Å²) in [6, 6.07) is 11.6. The van der Waals surface area contributed by atoms with Gasteiger partial charge in [0, 0.05) is 48.9 Å². The number of pyridine rings is 1. The molecule has 2 aliphatic rings. The smallest absolute Gasteiger partial charge is 0.363 e. The number of anilines is 1.